The Kier molecular flexibility index (Phi) is 3.79. The van der Waals surface area contributed by atoms with Crippen LogP contribution in [0.25, 0.3) is 0 Å². The van der Waals surface area contributed by atoms with Crippen molar-refractivity contribution < 1.29 is 0 Å². The summed E-state index contributed by atoms with van der Waals surface area (Å²) in [6, 6.07) is 9.66. The lowest BCUT2D eigenvalue weighted by Crippen LogP contribution is -2.48. The van der Waals surface area contributed by atoms with Gasteiger partial charge in [0.2, 0.25) is 0 Å². The number of para-hydroxylation sites is 1. The Bertz CT molecular complexity index is 419. The van der Waals surface area contributed by atoms with Crippen LogP contribution in [0.3, 0.4) is 0 Å². The van der Waals surface area contributed by atoms with Crippen LogP contribution < -0.4 is 10.2 Å². The zero-order valence-corrected chi connectivity index (χ0v) is 12.2. The van der Waals surface area contributed by atoms with E-state index in [0.717, 1.165) is 37.5 Å². The van der Waals surface area contributed by atoms with Gasteiger partial charge in [-0.25, -0.2) is 0 Å². The van der Waals surface area contributed by atoms with E-state index in [-0.39, 0.29) is 0 Å². The van der Waals surface area contributed by atoms with Crippen LogP contribution in [0.5, 0.6) is 0 Å². The smallest absolute Gasteiger partial charge is 0.0414 e. The SMILES string of the molecule is CC1CCCC(C)C1N1CCNCc2ccccc21. The number of hydrogen-bond acceptors (Lipinski definition) is 2. The molecule has 2 heteroatoms. The minimum atomic E-state index is 0.717. The van der Waals surface area contributed by atoms with Crippen molar-refractivity contribution in [1.29, 1.82) is 0 Å². The number of fused-ring (bicyclic) bond motifs is 1. The molecule has 2 nitrogen and oxygen atoms in total. The van der Waals surface area contributed by atoms with Crippen LogP contribution >= 0.6 is 0 Å². The van der Waals surface area contributed by atoms with E-state index in [2.05, 4.69) is 48.3 Å². The van der Waals surface area contributed by atoms with Crippen molar-refractivity contribution in [2.24, 2.45) is 11.8 Å². The maximum atomic E-state index is 3.56. The van der Waals surface area contributed by atoms with Crippen molar-refractivity contribution in [2.45, 2.75) is 45.7 Å². The van der Waals surface area contributed by atoms with Crippen molar-refractivity contribution >= 4 is 5.69 Å². The largest absolute Gasteiger partial charge is 0.366 e. The predicted octanol–water partition coefficient (Wildman–Crippen LogP) is 3.42. The molecule has 1 N–H and O–H groups in total. The fourth-order valence-corrected chi connectivity index (χ4v) is 4.07. The minimum Gasteiger partial charge on any atom is -0.366 e. The molecule has 1 aromatic rings. The number of rotatable bonds is 1. The number of nitrogens with one attached hydrogen (secondary N) is 1. The maximum Gasteiger partial charge on any atom is 0.0414 e. The number of anilines is 1. The molecule has 0 radical (unpaired) electrons. The third kappa shape index (κ3) is 2.51. The summed E-state index contributed by atoms with van der Waals surface area (Å²) in [6.45, 7) is 8.16. The van der Waals surface area contributed by atoms with Crippen LogP contribution in [0.4, 0.5) is 5.69 Å². The first-order valence-corrected chi connectivity index (χ1v) is 7.82. The number of benzene rings is 1. The summed E-state index contributed by atoms with van der Waals surface area (Å²) in [7, 11) is 0. The Hall–Kier alpha value is -1.02. The Morgan fingerprint density at radius 3 is 2.63 bits per heavy atom. The third-order valence-electron chi connectivity index (χ3n) is 4.99. The first-order chi connectivity index (χ1) is 9.27. The summed E-state index contributed by atoms with van der Waals surface area (Å²) in [5.74, 6) is 1.63. The predicted molar refractivity (Wildman–Crippen MR) is 81.5 cm³/mol. The molecular weight excluding hydrogens is 232 g/mol. The molecule has 1 aliphatic heterocycles. The first-order valence-electron chi connectivity index (χ1n) is 7.82. The van der Waals surface area contributed by atoms with E-state index >= 15 is 0 Å². The highest BCUT2D eigenvalue weighted by molar-refractivity contribution is 5.55. The molecule has 0 saturated heterocycles. The normalized spacial score (nSPS) is 31.7. The zero-order chi connectivity index (χ0) is 13.2. The molecule has 0 bridgehead atoms. The van der Waals surface area contributed by atoms with E-state index in [9.17, 15) is 0 Å². The molecule has 2 aliphatic rings. The third-order valence-corrected chi connectivity index (χ3v) is 4.99. The van der Waals surface area contributed by atoms with Gasteiger partial charge >= 0.3 is 0 Å². The van der Waals surface area contributed by atoms with E-state index in [0.29, 0.717) is 0 Å². The van der Waals surface area contributed by atoms with Gasteiger partial charge in [-0.15, -0.1) is 0 Å². The maximum absolute atomic E-state index is 3.56. The Labute approximate surface area is 117 Å². The molecule has 104 valence electrons. The lowest BCUT2D eigenvalue weighted by atomic mass is 9.77. The number of nitrogens with zero attached hydrogens (tertiary/aromatic N) is 1. The van der Waals surface area contributed by atoms with Gasteiger partial charge in [0, 0.05) is 31.4 Å². The van der Waals surface area contributed by atoms with Crippen molar-refractivity contribution in [3.63, 3.8) is 0 Å². The van der Waals surface area contributed by atoms with E-state index in [1.807, 2.05) is 0 Å². The summed E-state index contributed by atoms with van der Waals surface area (Å²) >= 11 is 0. The molecule has 0 amide bonds. The second kappa shape index (κ2) is 5.54. The van der Waals surface area contributed by atoms with Gasteiger partial charge in [-0.05, 0) is 36.3 Å². The number of hydrogen-bond donors (Lipinski definition) is 1. The topological polar surface area (TPSA) is 15.3 Å². The molecule has 1 saturated carbocycles. The van der Waals surface area contributed by atoms with Crippen molar-refractivity contribution in [2.75, 3.05) is 18.0 Å². The highest BCUT2D eigenvalue weighted by Crippen LogP contribution is 2.36. The Morgan fingerprint density at radius 1 is 1.11 bits per heavy atom. The first kappa shape index (κ1) is 13.0. The van der Waals surface area contributed by atoms with Crippen LogP contribution in [-0.2, 0) is 6.54 Å². The van der Waals surface area contributed by atoms with Gasteiger partial charge in [0.15, 0.2) is 0 Å². The molecule has 0 spiro atoms. The Morgan fingerprint density at radius 2 is 1.84 bits per heavy atom. The summed E-state index contributed by atoms with van der Waals surface area (Å²) in [6.07, 6.45) is 4.19. The second-order valence-electron chi connectivity index (χ2n) is 6.37. The van der Waals surface area contributed by atoms with Crippen molar-refractivity contribution in [3.05, 3.63) is 29.8 Å². The highest BCUT2D eigenvalue weighted by Gasteiger charge is 2.33. The van der Waals surface area contributed by atoms with Crippen LogP contribution in [0, 0.1) is 11.8 Å². The average molecular weight is 258 g/mol. The molecule has 1 aromatic carbocycles. The summed E-state index contributed by atoms with van der Waals surface area (Å²) in [5.41, 5.74) is 2.93. The summed E-state index contributed by atoms with van der Waals surface area (Å²) in [5, 5.41) is 3.56. The van der Waals surface area contributed by atoms with Crippen molar-refractivity contribution in [3.8, 4) is 0 Å². The van der Waals surface area contributed by atoms with Gasteiger partial charge in [-0.1, -0.05) is 38.5 Å². The summed E-state index contributed by atoms with van der Waals surface area (Å²) in [4.78, 5) is 2.70. The van der Waals surface area contributed by atoms with Gasteiger partial charge in [0.25, 0.3) is 0 Å². The molecule has 3 rings (SSSR count). The van der Waals surface area contributed by atoms with Crippen LogP contribution in [0.15, 0.2) is 24.3 Å². The van der Waals surface area contributed by atoms with E-state index in [1.54, 1.807) is 0 Å². The fourth-order valence-electron chi connectivity index (χ4n) is 4.07. The zero-order valence-electron chi connectivity index (χ0n) is 12.2. The van der Waals surface area contributed by atoms with Gasteiger partial charge in [-0.3, -0.25) is 0 Å². The lowest BCUT2D eigenvalue weighted by molar-refractivity contribution is 0.238. The van der Waals surface area contributed by atoms with E-state index in [4.69, 9.17) is 0 Å². The lowest BCUT2D eigenvalue weighted by Gasteiger charge is -2.44. The van der Waals surface area contributed by atoms with E-state index in [1.165, 1.54) is 30.5 Å². The molecule has 2 unspecified atom stereocenters. The van der Waals surface area contributed by atoms with Crippen LogP contribution in [0.1, 0.15) is 38.7 Å². The molecule has 1 heterocycles. The van der Waals surface area contributed by atoms with Gasteiger partial charge < -0.3 is 10.2 Å². The molecule has 0 aromatic heterocycles. The van der Waals surface area contributed by atoms with Gasteiger partial charge in [-0.2, -0.15) is 0 Å². The molecule has 1 aliphatic carbocycles. The standard InChI is InChI=1S/C17H26N2/c1-13-6-5-7-14(2)17(13)19-11-10-18-12-15-8-3-4-9-16(15)19/h3-4,8-9,13-14,17-18H,5-7,10-12H2,1-2H3. The fraction of sp³-hybridized carbons (Fsp3) is 0.647. The molecule has 19 heavy (non-hydrogen) atoms. The highest BCUT2D eigenvalue weighted by atomic mass is 15.2. The molecule has 2 atom stereocenters. The second-order valence-corrected chi connectivity index (χ2v) is 6.37. The molecule has 1 fully saturated rings. The van der Waals surface area contributed by atoms with Crippen LogP contribution in [0.2, 0.25) is 0 Å². The quantitative estimate of drug-likeness (QED) is 0.830. The minimum absolute atomic E-state index is 0.717. The Balaban J connectivity index is 1.94. The van der Waals surface area contributed by atoms with Crippen LogP contribution in [-0.4, -0.2) is 19.1 Å². The molecular formula is C17H26N2. The van der Waals surface area contributed by atoms with E-state index < -0.39 is 0 Å². The average Bonchev–Trinajstić information content (AvgIpc) is 2.62. The van der Waals surface area contributed by atoms with Crippen molar-refractivity contribution in [1.82, 2.24) is 5.32 Å². The summed E-state index contributed by atoms with van der Waals surface area (Å²) < 4.78 is 0. The van der Waals surface area contributed by atoms with Gasteiger partial charge in [0.05, 0.1) is 0 Å². The van der Waals surface area contributed by atoms with Gasteiger partial charge in [0.1, 0.15) is 0 Å². The monoisotopic (exact) mass is 258 g/mol.